The largest absolute Gasteiger partial charge is 0.496 e. The van der Waals surface area contributed by atoms with Crippen LogP contribution in [0.15, 0.2) is 48.5 Å². The zero-order valence-electron chi connectivity index (χ0n) is 15.8. The molecule has 0 aromatic heterocycles. The van der Waals surface area contributed by atoms with Crippen LogP contribution in [-0.4, -0.2) is 20.7 Å². The first-order chi connectivity index (χ1) is 12.2. The van der Waals surface area contributed by atoms with Gasteiger partial charge in [-0.2, -0.15) is 0 Å². The van der Waals surface area contributed by atoms with Crippen molar-refractivity contribution >= 4 is 17.5 Å². The molecule has 0 aliphatic carbocycles. The van der Waals surface area contributed by atoms with Crippen molar-refractivity contribution in [3.05, 3.63) is 59.7 Å². The first-order valence-corrected chi connectivity index (χ1v) is 9.08. The van der Waals surface area contributed by atoms with Gasteiger partial charge in [-0.3, -0.25) is 0 Å². The van der Waals surface area contributed by atoms with Crippen molar-refractivity contribution in [1.82, 2.24) is 0 Å². The summed E-state index contributed by atoms with van der Waals surface area (Å²) in [6.45, 7) is 5.24. The van der Waals surface area contributed by atoms with Crippen LogP contribution in [0, 0.1) is 0 Å². The molecule has 0 amide bonds. The molecule has 3 heteroatoms. The van der Waals surface area contributed by atoms with Gasteiger partial charge in [-0.1, -0.05) is 37.3 Å². The molecule has 1 unspecified atom stereocenters. The Labute approximate surface area is 152 Å². The van der Waals surface area contributed by atoms with Gasteiger partial charge in [-0.25, -0.2) is 0 Å². The third-order valence-electron chi connectivity index (χ3n) is 4.50. The van der Waals surface area contributed by atoms with Crippen molar-refractivity contribution in [2.45, 2.75) is 32.6 Å². The van der Waals surface area contributed by atoms with Gasteiger partial charge in [-0.15, -0.1) is 0 Å². The summed E-state index contributed by atoms with van der Waals surface area (Å²) in [7, 11) is 3.71. The predicted molar refractivity (Wildman–Crippen MR) is 110 cm³/mol. The van der Waals surface area contributed by atoms with Crippen LogP contribution in [0.5, 0.6) is 5.75 Å². The molecule has 1 atom stereocenters. The van der Waals surface area contributed by atoms with E-state index in [1.807, 2.05) is 7.05 Å². The Morgan fingerprint density at radius 1 is 1.12 bits per heavy atom. The average molecular weight is 338 g/mol. The van der Waals surface area contributed by atoms with Gasteiger partial charge in [0, 0.05) is 36.6 Å². The first kappa shape index (κ1) is 18.9. The Kier molecular flexibility index (Phi) is 7.39. The van der Waals surface area contributed by atoms with Crippen LogP contribution in [0.1, 0.15) is 43.7 Å². The summed E-state index contributed by atoms with van der Waals surface area (Å²) in [4.78, 5) is 0. The molecule has 3 nitrogen and oxygen atoms in total. The fourth-order valence-corrected chi connectivity index (χ4v) is 3.12. The first-order valence-electron chi connectivity index (χ1n) is 9.08. The van der Waals surface area contributed by atoms with E-state index < -0.39 is 0 Å². The molecule has 25 heavy (non-hydrogen) atoms. The standard InChI is InChI=1S/C22H30N2O/c1-5-17(20-12-7-8-13-21(20)23-3)10-9-11-18-14-15-19(24-6-2)16-22(18)25-4/h7-9,11-17,23-24H,5-6,10H2,1-4H3/b11-9+. The second kappa shape index (κ2) is 9.77. The van der Waals surface area contributed by atoms with Crippen LogP contribution in [0.2, 0.25) is 0 Å². The van der Waals surface area contributed by atoms with Gasteiger partial charge < -0.3 is 15.4 Å². The summed E-state index contributed by atoms with van der Waals surface area (Å²) in [6, 6.07) is 14.8. The zero-order chi connectivity index (χ0) is 18.1. The van der Waals surface area contributed by atoms with E-state index in [-0.39, 0.29) is 0 Å². The van der Waals surface area contributed by atoms with Crippen molar-refractivity contribution in [2.75, 3.05) is 31.3 Å². The maximum absolute atomic E-state index is 5.54. The molecule has 2 aromatic rings. The van der Waals surface area contributed by atoms with E-state index in [1.165, 1.54) is 11.3 Å². The number of anilines is 2. The maximum Gasteiger partial charge on any atom is 0.128 e. The lowest BCUT2D eigenvalue weighted by atomic mass is 9.91. The van der Waals surface area contributed by atoms with Crippen LogP contribution < -0.4 is 15.4 Å². The number of methoxy groups -OCH3 is 1. The Hall–Kier alpha value is -2.42. The molecule has 0 aliphatic heterocycles. The van der Waals surface area contributed by atoms with E-state index in [2.05, 4.69) is 79.1 Å². The number of rotatable bonds is 9. The van der Waals surface area contributed by atoms with E-state index in [0.29, 0.717) is 5.92 Å². The molecule has 2 N–H and O–H groups in total. The fraction of sp³-hybridized carbons (Fsp3) is 0.364. The maximum atomic E-state index is 5.54. The van der Waals surface area contributed by atoms with Crippen molar-refractivity contribution in [2.24, 2.45) is 0 Å². The Balaban J connectivity index is 2.13. The quantitative estimate of drug-likeness (QED) is 0.609. The minimum atomic E-state index is 0.506. The summed E-state index contributed by atoms with van der Waals surface area (Å²) in [5.74, 6) is 1.41. The van der Waals surface area contributed by atoms with Gasteiger partial charge in [0.15, 0.2) is 0 Å². The molecular formula is C22H30N2O. The lowest BCUT2D eigenvalue weighted by Crippen LogP contribution is -2.01. The number of hydrogen-bond acceptors (Lipinski definition) is 3. The van der Waals surface area contributed by atoms with Gasteiger partial charge in [0.25, 0.3) is 0 Å². The van der Waals surface area contributed by atoms with E-state index >= 15 is 0 Å². The number of benzene rings is 2. The van der Waals surface area contributed by atoms with Crippen molar-refractivity contribution in [1.29, 1.82) is 0 Å². The normalized spacial score (nSPS) is 12.2. The van der Waals surface area contributed by atoms with Crippen LogP contribution in [0.4, 0.5) is 11.4 Å². The highest BCUT2D eigenvalue weighted by atomic mass is 16.5. The minimum absolute atomic E-state index is 0.506. The Bertz CT molecular complexity index is 694. The van der Waals surface area contributed by atoms with Gasteiger partial charge >= 0.3 is 0 Å². The molecule has 134 valence electrons. The molecule has 0 aliphatic rings. The average Bonchev–Trinajstić information content (AvgIpc) is 2.66. The van der Waals surface area contributed by atoms with Crippen molar-refractivity contribution in [3.8, 4) is 5.75 Å². The van der Waals surface area contributed by atoms with Crippen LogP contribution in [-0.2, 0) is 0 Å². The smallest absolute Gasteiger partial charge is 0.128 e. The van der Waals surface area contributed by atoms with E-state index in [1.54, 1.807) is 7.11 Å². The highest BCUT2D eigenvalue weighted by molar-refractivity contribution is 5.63. The number of allylic oxidation sites excluding steroid dienone is 1. The molecule has 0 saturated carbocycles. The number of hydrogen-bond donors (Lipinski definition) is 2. The van der Waals surface area contributed by atoms with E-state index in [4.69, 9.17) is 4.74 Å². The number of para-hydroxylation sites is 1. The summed E-state index contributed by atoms with van der Waals surface area (Å²) in [6.07, 6.45) is 6.54. The second-order valence-electron chi connectivity index (χ2n) is 6.07. The molecule has 0 radical (unpaired) electrons. The number of nitrogens with one attached hydrogen (secondary N) is 2. The third-order valence-corrected chi connectivity index (χ3v) is 4.50. The molecule has 2 rings (SSSR count). The Morgan fingerprint density at radius 2 is 1.92 bits per heavy atom. The van der Waals surface area contributed by atoms with Crippen LogP contribution >= 0.6 is 0 Å². The van der Waals surface area contributed by atoms with Gasteiger partial charge in [0.05, 0.1) is 7.11 Å². The highest BCUT2D eigenvalue weighted by Gasteiger charge is 2.11. The summed E-state index contributed by atoms with van der Waals surface area (Å²) < 4.78 is 5.54. The molecule has 2 aromatic carbocycles. The molecule has 0 heterocycles. The number of ether oxygens (including phenoxy) is 1. The van der Waals surface area contributed by atoms with Crippen molar-refractivity contribution in [3.63, 3.8) is 0 Å². The molecular weight excluding hydrogens is 308 g/mol. The van der Waals surface area contributed by atoms with E-state index in [9.17, 15) is 0 Å². The van der Waals surface area contributed by atoms with E-state index in [0.717, 1.165) is 36.4 Å². The minimum Gasteiger partial charge on any atom is -0.496 e. The summed E-state index contributed by atoms with van der Waals surface area (Å²) >= 11 is 0. The van der Waals surface area contributed by atoms with Crippen molar-refractivity contribution < 1.29 is 4.74 Å². The lowest BCUT2D eigenvalue weighted by molar-refractivity contribution is 0.414. The van der Waals surface area contributed by atoms with Gasteiger partial charge in [0.1, 0.15) is 5.75 Å². The lowest BCUT2D eigenvalue weighted by Gasteiger charge is -2.17. The molecule has 0 saturated heterocycles. The molecule has 0 bridgehead atoms. The predicted octanol–water partition coefficient (Wildman–Crippen LogP) is 5.77. The van der Waals surface area contributed by atoms with Crippen LogP contribution in [0.25, 0.3) is 6.08 Å². The van der Waals surface area contributed by atoms with Gasteiger partial charge in [0.2, 0.25) is 0 Å². The summed E-state index contributed by atoms with van der Waals surface area (Å²) in [5.41, 5.74) is 4.80. The SMILES string of the molecule is CCNc1ccc(/C=C/CC(CC)c2ccccc2NC)c(OC)c1. The third kappa shape index (κ3) is 5.02. The molecule has 0 fully saturated rings. The monoisotopic (exact) mass is 338 g/mol. The summed E-state index contributed by atoms with van der Waals surface area (Å²) in [5, 5.41) is 6.62. The fourth-order valence-electron chi connectivity index (χ4n) is 3.12. The van der Waals surface area contributed by atoms with Crippen LogP contribution in [0.3, 0.4) is 0 Å². The highest BCUT2D eigenvalue weighted by Crippen LogP contribution is 2.31. The zero-order valence-corrected chi connectivity index (χ0v) is 15.8. The second-order valence-corrected chi connectivity index (χ2v) is 6.07. The molecule has 0 spiro atoms. The topological polar surface area (TPSA) is 33.3 Å². The van der Waals surface area contributed by atoms with Gasteiger partial charge in [-0.05, 0) is 49.4 Å². The Morgan fingerprint density at radius 3 is 2.60 bits per heavy atom.